The van der Waals surface area contributed by atoms with Crippen LogP contribution >= 0.6 is 0 Å². The van der Waals surface area contributed by atoms with E-state index >= 15 is 0 Å². The Morgan fingerprint density at radius 2 is 1.94 bits per heavy atom. The van der Waals surface area contributed by atoms with E-state index in [4.69, 9.17) is 9.47 Å². The molecule has 1 aliphatic heterocycles. The fraction of sp³-hybridized carbons (Fsp3) is 0.929. The lowest BCUT2D eigenvalue weighted by molar-refractivity contribution is -0.230. The van der Waals surface area contributed by atoms with Gasteiger partial charge < -0.3 is 14.6 Å². The number of rotatable bonds is 0. The van der Waals surface area contributed by atoms with Crippen molar-refractivity contribution in [3.05, 3.63) is 0 Å². The van der Waals surface area contributed by atoms with Crippen molar-refractivity contribution >= 4 is 5.78 Å². The quantitative estimate of drug-likeness (QED) is 0.705. The Morgan fingerprint density at radius 3 is 2.67 bits per heavy atom. The Hall–Kier alpha value is -0.450. The maximum absolute atomic E-state index is 12.0. The zero-order valence-corrected chi connectivity index (χ0v) is 10.6. The predicted molar refractivity (Wildman–Crippen MR) is 62.8 cm³/mol. The zero-order chi connectivity index (χ0) is 12.4. The summed E-state index contributed by atoms with van der Waals surface area (Å²) in [5.41, 5.74) is 0.0474. The molecule has 0 amide bonds. The van der Waals surface area contributed by atoms with Gasteiger partial charge in [-0.15, -0.1) is 0 Å². The Morgan fingerprint density at radius 1 is 1.17 bits per heavy atom. The maximum Gasteiger partial charge on any atom is 0.168 e. The van der Waals surface area contributed by atoms with Gasteiger partial charge in [0.05, 0.1) is 19.3 Å². The van der Waals surface area contributed by atoms with E-state index in [1.54, 1.807) is 0 Å². The number of carbonyl (C=O) groups excluding carboxylic acids is 1. The van der Waals surface area contributed by atoms with E-state index in [9.17, 15) is 9.90 Å². The van der Waals surface area contributed by atoms with Crippen LogP contribution in [0.4, 0.5) is 0 Å². The average molecular weight is 252 g/mol. The SMILES string of the molecule is O=C1C[C@@]23CCC4(C[C@@H]2C[C@@H]1C(O)C3)OCCO4. The summed E-state index contributed by atoms with van der Waals surface area (Å²) in [6.45, 7) is 1.40. The van der Waals surface area contributed by atoms with E-state index in [1.165, 1.54) is 0 Å². The summed E-state index contributed by atoms with van der Waals surface area (Å²) in [6.07, 6.45) is 4.70. The third-order valence-corrected chi connectivity index (χ3v) is 5.80. The molecule has 1 N–H and O–H groups in total. The van der Waals surface area contributed by atoms with Crippen molar-refractivity contribution < 1.29 is 19.4 Å². The fourth-order valence-corrected chi connectivity index (χ4v) is 4.85. The second-order valence-electron chi connectivity index (χ2n) is 6.63. The molecule has 4 nitrogen and oxygen atoms in total. The van der Waals surface area contributed by atoms with E-state index in [0.29, 0.717) is 25.6 Å². The predicted octanol–water partition coefficient (Wildman–Crippen LogP) is 1.26. The highest BCUT2D eigenvalue weighted by Crippen LogP contribution is 2.61. The van der Waals surface area contributed by atoms with Crippen LogP contribution in [-0.4, -0.2) is 36.0 Å². The van der Waals surface area contributed by atoms with Crippen molar-refractivity contribution in [2.45, 2.75) is 50.4 Å². The molecular formula is C14H20O4. The minimum atomic E-state index is -0.401. The average Bonchev–Trinajstić information content (AvgIpc) is 2.77. The molecule has 18 heavy (non-hydrogen) atoms. The van der Waals surface area contributed by atoms with Gasteiger partial charge in [-0.25, -0.2) is 0 Å². The molecule has 2 spiro atoms. The largest absolute Gasteiger partial charge is 0.392 e. The molecule has 4 aliphatic carbocycles. The van der Waals surface area contributed by atoms with Crippen LogP contribution in [-0.2, 0) is 14.3 Å². The van der Waals surface area contributed by atoms with Gasteiger partial charge >= 0.3 is 0 Å². The van der Waals surface area contributed by atoms with E-state index in [1.807, 2.05) is 0 Å². The van der Waals surface area contributed by atoms with Gasteiger partial charge in [0.2, 0.25) is 0 Å². The Balaban J connectivity index is 1.62. The smallest absolute Gasteiger partial charge is 0.168 e. The first-order valence-corrected chi connectivity index (χ1v) is 7.11. The number of aliphatic hydroxyl groups is 1. The summed E-state index contributed by atoms with van der Waals surface area (Å²) < 4.78 is 11.6. The lowest BCUT2D eigenvalue weighted by Gasteiger charge is -2.58. The van der Waals surface area contributed by atoms with Crippen molar-refractivity contribution in [2.75, 3.05) is 13.2 Å². The highest BCUT2D eigenvalue weighted by atomic mass is 16.7. The van der Waals surface area contributed by atoms with Crippen molar-refractivity contribution in [3.63, 3.8) is 0 Å². The first-order valence-electron chi connectivity index (χ1n) is 7.11. The van der Waals surface area contributed by atoms with Crippen LogP contribution in [0, 0.1) is 17.3 Å². The molecule has 4 atom stereocenters. The summed E-state index contributed by atoms with van der Waals surface area (Å²) in [7, 11) is 0. The van der Waals surface area contributed by atoms with Crippen molar-refractivity contribution in [1.29, 1.82) is 0 Å². The fourth-order valence-electron chi connectivity index (χ4n) is 4.85. The Kier molecular flexibility index (Phi) is 2.25. The topological polar surface area (TPSA) is 55.8 Å². The van der Waals surface area contributed by atoms with Gasteiger partial charge in [-0.05, 0) is 30.6 Å². The number of hydrogen-bond acceptors (Lipinski definition) is 4. The molecular weight excluding hydrogens is 232 g/mol. The number of fused-ring (bicyclic) bond motifs is 2. The Bertz CT molecular complexity index is 387. The van der Waals surface area contributed by atoms with Gasteiger partial charge in [-0.2, -0.15) is 0 Å². The zero-order valence-electron chi connectivity index (χ0n) is 10.6. The van der Waals surface area contributed by atoms with Crippen LogP contribution in [0.15, 0.2) is 0 Å². The van der Waals surface area contributed by atoms with Gasteiger partial charge in [-0.3, -0.25) is 4.79 Å². The second-order valence-corrected chi connectivity index (χ2v) is 6.63. The highest BCUT2D eigenvalue weighted by Gasteiger charge is 2.60. The first kappa shape index (κ1) is 11.4. The first-order chi connectivity index (χ1) is 8.63. The minimum absolute atomic E-state index is 0.0474. The van der Waals surface area contributed by atoms with Crippen molar-refractivity contribution in [3.8, 4) is 0 Å². The van der Waals surface area contributed by atoms with Crippen molar-refractivity contribution in [2.24, 2.45) is 17.3 Å². The molecule has 5 aliphatic rings. The van der Waals surface area contributed by atoms with Gasteiger partial charge in [0.15, 0.2) is 5.79 Å². The number of hydrogen-bond donors (Lipinski definition) is 1. The van der Waals surface area contributed by atoms with Gasteiger partial charge in [0, 0.05) is 25.2 Å². The maximum atomic E-state index is 12.0. The molecule has 0 aromatic carbocycles. The molecule has 1 heterocycles. The third kappa shape index (κ3) is 1.40. The summed E-state index contributed by atoms with van der Waals surface area (Å²) in [5, 5.41) is 10.1. The normalized spacial score (nSPS) is 49.6. The Labute approximate surface area is 107 Å². The summed E-state index contributed by atoms with van der Waals surface area (Å²) in [6, 6.07) is 0. The lowest BCUT2D eigenvalue weighted by atomic mass is 9.48. The van der Waals surface area contributed by atoms with E-state index in [0.717, 1.165) is 32.1 Å². The van der Waals surface area contributed by atoms with Crippen LogP contribution in [0.5, 0.6) is 0 Å². The standard InChI is InChI=1S/C14H20O4/c15-11-7-13-1-2-14(17-3-4-18-14)6-9(13)5-10(11)12(16)8-13/h9-11,15H,1-8H2/t9-,10+,11?,13-/m0/s1. The molecule has 0 aromatic heterocycles. The molecule has 100 valence electrons. The van der Waals surface area contributed by atoms with Crippen LogP contribution < -0.4 is 0 Å². The van der Waals surface area contributed by atoms with Crippen LogP contribution in [0.25, 0.3) is 0 Å². The lowest BCUT2D eigenvalue weighted by Crippen LogP contribution is -2.58. The molecule has 0 radical (unpaired) electrons. The second kappa shape index (κ2) is 3.56. The number of carbonyl (C=O) groups is 1. The third-order valence-electron chi connectivity index (χ3n) is 5.80. The van der Waals surface area contributed by atoms with E-state index < -0.39 is 6.10 Å². The summed E-state index contributed by atoms with van der Waals surface area (Å²) in [4.78, 5) is 12.0. The molecule has 5 fully saturated rings. The number of Topliss-reactive ketones (excluding diaryl/α,β-unsaturated/α-hetero) is 1. The summed E-state index contributed by atoms with van der Waals surface area (Å²) in [5.74, 6) is 0.305. The van der Waals surface area contributed by atoms with Gasteiger partial charge in [0.25, 0.3) is 0 Å². The molecule has 1 unspecified atom stereocenters. The molecule has 4 heteroatoms. The van der Waals surface area contributed by atoms with E-state index in [-0.39, 0.29) is 22.9 Å². The van der Waals surface area contributed by atoms with Gasteiger partial charge in [0.1, 0.15) is 5.78 Å². The highest BCUT2D eigenvalue weighted by molar-refractivity contribution is 5.84. The van der Waals surface area contributed by atoms with E-state index in [2.05, 4.69) is 0 Å². The molecule has 1 saturated heterocycles. The van der Waals surface area contributed by atoms with Crippen molar-refractivity contribution in [1.82, 2.24) is 0 Å². The number of aliphatic hydroxyl groups excluding tert-OH is 1. The molecule has 4 saturated carbocycles. The monoisotopic (exact) mass is 252 g/mol. The van der Waals surface area contributed by atoms with Gasteiger partial charge in [-0.1, -0.05) is 0 Å². The minimum Gasteiger partial charge on any atom is -0.392 e. The number of ether oxygens (including phenoxy) is 2. The van der Waals surface area contributed by atoms with Crippen LogP contribution in [0.3, 0.4) is 0 Å². The molecule has 0 aromatic rings. The van der Waals surface area contributed by atoms with Crippen LogP contribution in [0.1, 0.15) is 38.5 Å². The summed E-state index contributed by atoms with van der Waals surface area (Å²) >= 11 is 0. The van der Waals surface area contributed by atoms with Crippen LogP contribution in [0.2, 0.25) is 0 Å². The molecule has 5 rings (SSSR count). The molecule has 2 bridgehead atoms. The number of ketones is 1.